The molecule has 0 saturated carbocycles. The minimum Gasteiger partial charge on any atom is -0.334 e. The summed E-state index contributed by atoms with van der Waals surface area (Å²) < 4.78 is 1.92. The predicted octanol–water partition coefficient (Wildman–Crippen LogP) is 4.11. The van der Waals surface area contributed by atoms with Crippen LogP contribution in [-0.2, 0) is 11.3 Å². The Labute approximate surface area is 187 Å². The van der Waals surface area contributed by atoms with Crippen LogP contribution in [0.4, 0.5) is 4.79 Å². The quantitative estimate of drug-likeness (QED) is 0.415. The van der Waals surface area contributed by atoms with Gasteiger partial charge in [-0.25, -0.2) is 4.79 Å². The van der Waals surface area contributed by atoms with Crippen LogP contribution in [0.15, 0.2) is 83.3 Å². The van der Waals surface area contributed by atoms with E-state index in [1.165, 1.54) is 11.8 Å². The molecule has 0 aliphatic heterocycles. The van der Waals surface area contributed by atoms with Crippen molar-refractivity contribution in [1.82, 2.24) is 25.4 Å². The van der Waals surface area contributed by atoms with E-state index in [-0.39, 0.29) is 5.75 Å². The summed E-state index contributed by atoms with van der Waals surface area (Å²) in [5.41, 5.74) is 1.86. The average molecular weight is 450 g/mol. The predicted molar refractivity (Wildman–Crippen MR) is 122 cm³/mol. The number of urea groups is 1. The van der Waals surface area contributed by atoms with Crippen LogP contribution in [-0.4, -0.2) is 32.5 Å². The summed E-state index contributed by atoms with van der Waals surface area (Å²) in [7, 11) is 0. The van der Waals surface area contributed by atoms with Crippen molar-refractivity contribution in [3.63, 3.8) is 0 Å². The largest absolute Gasteiger partial charge is 0.334 e. The number of amides is 3. The van der Waals surface area contributed by atoms with Crippen molar-refractivity contribution < 1.29 is 9.59 Å². The Morgan fingerprint density at radius 3 is 2.39 bits per heavy atom. The number of hydrogen-bond acceptors (Lipinski definition) is 6. The Kier molecular flexibility index (Phi) is 6.75. The fourth-order valence-corrected chi connectivity index (χ4v) is 4.30. The zero-order valence-electron chi connectivity index (χ0n) is 16.4. The van der Waals surface area contributed by atoms with Crippen molar-refractivity contribution >= 4 is 35.0 Å². The van der Waals surface area contributed by atoms with Crippen molar-refractivity contribution in [1.29, 1.82) is 0 Å². The van der Waals surface area contributed by atoms with Gasteiger partial charge in [0.1, 0.15) is 0 Å². The van der Waals surface area contributed by atoms with Crippen LogP contribution in [0.25, 0.3) is 16.4 Å². The topological polar surface area (TPSA) is 88.9 Å². The molecule has 3 amide bonds. The monoisotopic (exact) mass is 449 g/mol. The molecule has 0 saturated heterocycles. The molecule has 9 heteroatoms. The van der Waals surface area contributed by atoms with Gasteiger partial charge in [-0.1, -0.05) is 66.4 Å². The lowest BCUT2D eigenvalue weighted by atomic mass is 10.2. The zero-order chi connectivity index (χ0) is 21.5. The maximum atomic E-state index is 12.3. The van der Waals surface area contributed by atoms with Gasteiger partial charge in [0.25, 0.3) is 0 Å². The number of carbonyl (C=O) groups is 2. The van der Waals surface area contributed by atoms with Crippen molar-refractivity contribution in [2.45, 2.75) is 11.7 Å². The number of imide groups is 1. The Bertz CT molecular complexity index is 1150. The molecule has 7 nitrogen and oxygen atoms in total. The molecule has 31 heavy (non-hydrogen) atoms. The van der Waals surface area contributed by atoms with Crippen LogP contribution in [0.3, 0.4) is 0 Å². The summed E-state index contributed by atoms with van der Waals surface area (Å²) in [6.45, 7) is 0.347. The van der Waals surface area contributed by atoms with Gasteiger partial charge >= 0.3 is 6.03 Å². The maximum absolute atomic E-state index is 12.3. The lowest BCUT2D eigenvalue weighted by molar-refractivity contribution is -0.117. The second-order valence-electron chi connectivity index (χ2n) is 6.46. The molecule has 0 bridgehead atoms. The van der Waals surface area contributed by atoms with Crippen molar-refractivity contribution in [3.05, 3.63) is 83.7 Å². The molecule has 2 N–H and O–H groups in total. The third-order valence-electron chi connectivity index (χ3n) is 4.27. The van der Waals surface area contributed by atoms with Gasteiger partial charge < -0.3 is 5.32 Å². The summed E-state index contributed by atoms with van der Waals surface area (Å²) in [6, 6.07) is 22.6. The van der Waals surface area contributed by atoms with Crippen LogP contribution in [0.5, 0.6) is 0 Å². The lowest BCUT2D eigenvalue weighted by Crippen LogP contribution is -2.40. The number of thioether (sulfide) groups is 1. The van der Waals surface area contributed by atoms with Gasteiger partial charge in [0.15, 0.2) is 11.0 Å². The van der Waals surface area contributed by atoms with Gasteiger partial charge in [-0.15, -0.1) is 21.5 Å². The first kappa shape index (κ1) is 20.8. The van der Waals surface area contributed by atoms with E-state index in [2.05, 4.69) is 20.8 Å². The normalized spacial score (nSPS) is 10.6. The molecule has 4 rings (SSSR count). The lowest BCUT2D eigenvalue weighted by Gasteiger charge is -2.09. The van der Waals surface area contributed by atoms with Gasteiger partial charge in [0.05, 0.1) is 10.6 Å². The van der Waals surface area contributed by atoms with Crippen molar-refractivity contribution in [2.75, 3.05) is 5.75 Å². The zero-order valence-corrected chi connectivity index (χ0v) is 18.0. The maximum Gasteiger partial charge on any atom is 0.321 e. The number of aromatic nitrogens is 3. The highest BCUT2D eigenvalue weighted by atomic mass is 32.2. The van der Waals surface area contributed by atoms with E-state index in [1.807, 2.05) is 82.7 Å². The van der Waals surface area contributed by atoms with E-state index in [0.29, 0.717) is 17.5 Å². The highest BCUT2D eigenvalue weighted by molar-refractivity contribution is 7.99. The minimum absolute atomic E-state index is 0.0359. The van der Waals surface area contributed by atoms with Crippen LogP contribution in [0, 0.1) is 0 Å². The van der Waals surface area contributed by atoms with Gasteiger partial charge in [0.2, 0.25) is 5.91 Å². The second kappa shape index (κ2) is 10.1. The number of rotatable bonds is 7. The van der Waals surface area contributed by atoms with E-state index < -0.39 is 11.9 Å². The summed E-state index contributed by atoms with van der Waals surface area (Å²) in [5, 5.41) is 16.2. The molecule has 2 aromatic heterocycles. The first-order valence-electron chi connectivity index (χ1n) is 9.50. The Hall–Kier alpha value is -3.43. The number of thiophene rings is 1. The van der Waals surface area contributed by atoms with Gasteiger partial charge in [-0.05, 0) is 29.1 Å². The second-order valence-corrected chi connectivity index (χ2v) is 8.35. The Morgan fingerprint density at radius 2 is 1.68 bits per heavy atom. The number of nitrogens with one attached hydrogen (secondary N) is 2. The third kappa shape index (κ3) is 5.39. The molecule has 0 spiro atoms. The Balaban J connectivity index is 1.40. The van der Waals surface area contributed by atoms with Crippen LogP contribution in [0.1, 0.15) is 5.56 Å². The van der Waals surface area contributed by atoms with E-state index >= 15 is 0 Å². The molecular formula is C22H19N5O2S2. The summed E-state index contributed by atoms with van der Waals surface area (Å²) >= 11 is 2.80. The molecule has 0 radical (unpaired) electrons. The molecule has 156 valence electrons. The molecular weight excluding hydrogens is 430 g/mol. The molecule has 0 fully saturated rings. The summed E-state index contributed by atoms with van der Waals surface area (Å²) in [6.07, 6.45) is 0. The highest BCUT2D eigenvalue weighted by Gasteiger charge is 2.18. The molecule has 4 aromatic rings. The number of hydrogen-bond donors (Lipinski definition) is 2. The van der Waals surface area contributed by atoms with E-state index in [1.54, 1.807) is 11.3 Å². The van der Waals surface area contributed by atoms with Crippen molar-refractivity contribution in [3.8, 4) is 16.4 Å². The molecule has 0 aliphatic carbocycles. The first-order valence-corrected chi connectivity index (χ1v) is 11.4. The van der Waals surface area contributed by atoms with Crippen molar-refractivity contribution in [2.24, 2.45) is 0 Å². The molecule has 2 heterocycles. The number of para-hydroxylation sites is 1. The van der Waals surface area contributed by atoms with Gasteiger partial charge in [-0.3, -0.25) is 14.7 Å². The summed E-state index contributed by atoms with van der Waals surface area (Å²) in [4.78, 5) is 25.3. The Morgan fingerprint density at radius 1 is 0.935 bits per heavy atom. The van der Waals surface area contributed by atoms with Gasteiger partial charge in [0, 0.05) is 12.2 Å². The third-order valence-corrected chi connectivity index (χ3v) is 6.07. The number of carbonyl (C=O) groups excluding carboxylic acids is 2. The van der Waals surface area contributed by atoms with E-state index in [9.17, 15) is 9.59 Å². The average Bonchev–Trinajstić information content (AvgIpc) is 3.47. The molecule has 0 aliphatic rings. The van der Waals surface area contributed by atoms with E-state index in [4.69, 9.17) is 0 Å². The SMILES string of the molecule is O=C(CSc1nnc(-c2cccs2)n1-c1ccccc1)NC(=O)NCc1ccccc1. The fraction of sp³-hybridized carbons (Fsp3) is 0.0909. The van der Waals surface area contributed by atoms with Crippen LogP contribution >= 0.6 is 23.1 Å². The standard InChI is InChI=1S/C22H19N5O2S2/c28-19(24-21(29)23-14-16-8-3-1-4-9-16)15-31-22-26-25-20(18-12-7-13-30-18)27(22)17-10-5-2-6-11-17/h1-13H,14-15H2,(H2,23,24,28,29). The van der Waals surface area contributed by atoms with Crippen LogP contribution in [0.2, 0.25) is 0 Å². The summed E-state index contributed by atoms with van der Waals surface area (Å²) in [5.74, 6) is 0.342. The molecule has 2 aromatic carbocycles. The first-order chi connectivity index (χ1) is 15.2. The highest BCUT2D eigenvalue weighted by Crippen LogP contribution is 2.30. The molecule has 0 atom stereocenters. The van der Waals surface area contributed by atoms with Crippen LogP contribution < -0.4 is 10.6 Å². The van der Waals surface area contributed by atoms with E-state index in [0.717, 1.165) is 16.1 Å². The fourth-order valence-electron chi connectivity index (χ4n) is 2.85. The number of nitrogens with zero attached hydrogens (tertiary/aromatic N) is 3. The van der Waals surface area contributed by atoms with Gasteiger partial charge in [-0.2, -0.15) is 0 Å². The smallest absolute Gasteiger partial charge is 0.321 e. The minimum atomic E-state index is -0.529. The number of benzene rings is 2. The molecule has 0 unspecified atom stereocenters.